The van der Waals surface area contributed by atoms with Gasteiger partial charge in [-0.25, -0.2) is 0 Å². The molecule has 1 N–H and O–H groups in total. The molecule has 3 rings (SSSR count). The monoisotopic (exact) mass is 418 g/mol. The molecule has 136 valence electrons. The number of ether oxygens (including phenoxy) is 2. The summed E-state index contributed by atoms with van der Waals surface area (Å²) in [7, 11) is 3.37. The Labute approximate surface area is 160 Å². The fourth-order valence-corrected chi connectivity index (χ4v) is 3.07. The zero-order chi connectivity index (χ0) is 18.7. The Morgan fingerprint density at radius 1 is 1.12 bits per heavy atom. The number of hydrogen-bond donors (Lipinski definition) is 1. The Morgan fingerprint density at radius 3 is 2.50 bits per heavy atom. The Morgan fingerprint density at radius 2 is 1.81 bits per heavy atom. The van der Waals surface area contributed by atoms with Gasteiger partial charge in [-0.15, -0.1) is 0 Å². The highest BCUT2D eigenvalue weighted by molar-refractivity contribution is 9.10. The summed E-state index contributed by atoms with van der Waals surface area (Å²) < 4.78 is 11.9. The summed E-state index contributed by atoms with van der Waals surface area (Å²) in [5.41, 5.74) is 1.90. The van der Waals surface area contributed by atoms with Crippen molar-refractivity contribution in [2.75, 3.05) is 32.6 Å². The van der Waals surface area contributed by atoms with E-state index in [9.17, 15) is 9.59 Å². The molecule has 0 saturated carbocycles. The van der Waals surface area contributed by atoms with Crippen molar-refractivity contribution in [3.63, 3.8) is 0 Å². The van der Waals surface area contributed by atoms with Crippen LogP contribution in [0.2, 0.25) is 0 Å². The summed E-state index contributed by atoms with van der Waals surface area (Å²) in [6.07, 6.45) is 0.170. The molecule has 2 amide bonds. The molecule has 1 aliphatic rings. The third kappa shape index (κ3) is 4.16. The van der Waals surface area contributed by atoms with E-state index in [-0.39, 0.29) is 18.2 Å². The van der Waals surface area contributed by atoms with Crippen molar-refractivity contribution in [2.45, 2.75) is 6.42 Å². The quantitative estimate of drug-likeness (QED) is 0.827. The largest absolute Gasteiger partial charge is 0.486 e. The number of anilines is 1. The molecule has 7 heteroatoms. The molecule has 0 saturated heterocycles. The predicted molar refractivity (Wildman–Crippen MR) is 102 cm³/mol. The highest BCUT2D eigenvalue weighted by atomic mass is 79.9. The third-order valence-corrected chi connectivity index (χ3v) is 4.60. The van der Waals surface area contributed by atoms with Crippen molar-refractivity contribution < 1.29 is 19.1 Å². The average Bonchev–Trinajstić information content (AvgIpc) is 2.61. The molecule has 1 heterocycles. The minimum Gasteiger partial charge on any atom is -0.486 e. The highest BCUT2D eigenvalue weighted by Crippen LogP contribution is 2.35. The number of fused-ring (bicyclic) bond motifs is 1. The highest BCUT2D eigenvalue weighted by Gasteiger charge is 2.17. The van der Waals surface area contributed by atoms with Gasteiger partial charge in [0.25, 0.3) is 5.91 Å². The summed E-state index contributed by atoms with van der Waals surface area (Å²) in [6, 6.07) is 10.5. The second-order valence-corrected chi connectivity index (χ2v) is 6.95. The molecule has 0 fully saturated rings. The Balaban J connectivity index is 1.72. The SMILES string of the molecule is CN(C)C(=O)c1cccc(NC(=O)Cc2cc3c(cc2Br)OCCO3)c1. The summed E-state index contributed by atoms with van der Waals surface area (Å²) in [6.45, 7) is 1.01. The molecule has 6 nitrogen and oxygen atoms in total. The van der Waals surface area contributed by atoms with Crippen molar-refractivity contribution in [3.8, 4) is 11.5 Å². The molecule has 2 aromatic rings. The normalized spacial score (nSPS) is 12.4. The lowest BCUT2D eigenvalue weighted by molar-refractivity contribution is -0.115. The number of carbonyl (C=O) groups excluding carboxylic acids is 2. The first-order chi connectivity index (χ1) is 12.4. The first kappa shape index (κ1) is 18.3. The van der Waals surface area contributed by atoms with Gasteiger partial charge in [0.15, 0.2) is 11.5 Å². The minimum atomic E-state index is -0.183. The molecular formula is C19H19BrN2O4. The van der Waals surface area contributed by atoms with Crippen LogP contribution in [0.4, 0.5) is 5.69 Å². The standard InChI is InChI=1S/C19H19BrN2O4/c1-22(2)19(24)12-4-3-5-14(8-12)21-18(23)10-13-9-16-17(11-15(13)20)26-7-6-25-16/h3-5,8-9,11H,6-7,10H2,1-2H3,(H,21,23). The van der Waals surface area contributed by atoms with Crippen molar-refractivity contribution in [3.05, 3.63) is 52.0 Å². The van der Waals surface area contributed by atoms with Gasteiger partial charge in [-0.05, 0) is 35.9 Å². The van der Waals surface area contributed by atoms with Crippen molar-refractivity contribution >= 4 is 33.4 Å². The topological polar surface area (TPSA) is 67.9 Å². The summed E-state index contributed by atoms with van der Waals surface area (Å²) in [4.78, 5) is 25.9. The van der Waals surface area contributed by atoms with Crippen molar-refractivity contribution in [1.82, 2.24) is 4.90 Å². The van der Waals surface area contributed by atoms with E-state index in [4.69, 9.17) is 9.47 Å². The first-order valence-corrected chi connectivity index (χ1v) is 8.93. The van der Waals surface area contributed by atoms with Crippen LogP contribution in [0.3, 0.4) is 0 Å². The lowest BCUT2D eigenvalue weighted by Gasteiger charge is -2.20. The van der Waals surface area contributed by atoms with Gasteiger partial charge in [-0.3, -0.25) is 9.59 Å². The zero-order valence-electron chi connectivity index (χ0n) is 14.5. The summed E-state index contributed by atoms with van der Waals surface area (Å²) in [5, 5.41) is 2.83. The van der Waals surface area contributed by atoms with Crippen molar-refractivity contribution in [2.24, 2.45) is 0 Å². The number of amides is 2. The third-order valence-electron chi connectivity index (χ3n) is 3.86. The van der Waals surface area contributed by atoms with E-state index in [0.717, 1.165) is 10.0 Å². The van der Waals surface area contributed by atoms with Gasteiger partial charge in [-0.2, -0.15) is 0 Å². The number of nitrogens with one attached hydrogen (secondary N) is 1. The fourth-order valence-electron chi connectivity index (χ4n) is 2.61. The Hall–Kier alpha value is -2.54. The molecule has 0 bridgehead atoms. The van der Waals surface area contributed by atoms with E-state index < -0.39 is 0 Å². The van der Waals surface area contributed by atoms with Crippen LogP contribution in [0.5, 0.6) is 11.5 Å². The second-order valence-electron chi connectivity index (χ2n) is 6.09. The number of hydrogen-bond acceptors (Lipinski definition) is 4. The molecule has 0 spiro atoms. The molecule has 1 aliphatic heterocycles. The van der Waals surface area contributed by atoms with Gasteiger partial charge in [0.2, 0.25) is 5.91 Å². The number of nitrogens with zero attached hydrogens (tertiary/aromatic N) is 1. The maximum Gasteiger partial charge on any atom is 0.253 e. The van der Waals surface area contributed by atoms with Crippen LogP contribution >= 0.6 is 15.9 Å². The van der Waals surface area contributed by atoms with Crippen LogP contribution < -0.4 is 14.8 Å². The van der Waals surface area contributed by atoms with Gasteiger partial charge in [-0.1, -0.05) is 22.0 Å². The minimum absolute atomic E-state index is 0.115. The summed E-state index contributed by atoms with van der Waals surface area (Å²) in [5.74, 6) is 1.01. The molecule has 0 aliphatic carbocycles. The van der Waals surface area contributed by atoms with Crippen LogP contribution in [0.1, 0.15) is 15.9 Å². The van der Waals surface area contributed by atoms with Crippen LogP contribution in [0.15, 0.2) is 40.9 Å². The van der Waals surface area contributed by atoms with Crippen molar-refractivity contribution in [1.29, 1.82) is 0 Å². The number of benzene rings is 2. The molecule has 2 aromatic carbocycles. The zero-order valence-corrected chi connectivity index (χ0v) is 16.1. The van der Waals surface area contributed by atoms with Gasteiger partial charge in [0, 0.05) is 29.8 Å². The van der Waals surface area contributed by atoms with E-state index >= 15 is 0 Å². The Kier molecular flexibility index (Phi) is 5.46. The van der Waals surface area contributed by atoms with Crippen LogP contribution in [0.25, 0.3) is 0 Å². The van der Waals surface area contributed by atoms with Gasteiger partial charge in [0.1, 0.15) is 13.2 Å². The molecule has 0 atom stereocenters. The first-order valence-electron chi connectivity index (χ1n) is 8.13. The van der Waals surface area contributed by atoms with Crippen LogP contribution in [-0.4, -0.2) is 44.0 Å². The van der Waals surface area contributed by atoms with Crippen LogP contribution in [-0.2, 0) is 11.2 Å². The van der Waals surface area contributed by atoms with Gasteiger partial charge < -0.3 is 19.7 Å². The predicted octanol–water partition coefficient (Wildman–Crippen LogP) is 3.10. The van der Waals surface area contributed by atoms with Gasteiger partial charge in [0.05, 0.1) is 6.42 Å². The molecule has 0 unspecified atom stereocenters. The molecule has 26 heavy (non-hydrogen) atoms. The van der Waals surface area contributed by atoms with E-state index in [1.54, 1.807) is 38.4 Å². The molecule has 0 radical (unpaired) electrons. The molecular weight excluding hydrogens is 400 g/mol. The maximum atomic E-state index is 12.4. The lowest BCUT2D eigenvalue weighted by Crippen LogP contribution is -2.22. The fraction of sp³-hybridized carbons (Fsp3) is 0.263. The van der Waals surface area contributed by atoms with Crippen LogP contribution in [0, 0.1) is 0 Å². The van der Waals surface area contributed by atoms with E-state index in [1.807, 2.05) is 12.1 Å². The van der Waals surface area contributed by atoms with E-state index in [2.05, 4.69) is 21.2 Å². The molecule has 0 aromatic heterocycles. The second kappa shape index (κ2) is 7.78. The number of halogens is 1. The van der Waals surface area contributed by atoms with E-state index in [1.165, 1.54) is 4.90 Å². The lowest BCUT2D eigenvalue weighted by atomic mass is 10.1. The number of rotatable bonds is 4. The Bertz CT molecular complexity index is 851. The summed E-state index contributed by atoms with van der Waals surface area (Å²) >= 11 is 3.47. The number of carbonyl (C=O) groups is 2. The maximum absolute atomic E-state index is 12.4. The average molecular weight is 419 g/mol. The van der Waals surface area contributed by atoms with E-state index in [0.29, 0.717) is 36.0 Å². The smallest absolute Gasteiger partial charge is 0.253 e. The van der Waals surface area contributed by atoms with Gasteiger partial charge >= 0.3 is 0 Å².